The van der Waals surface area contributed by atoms with E-state index in [1.807, 2.05) is 24.3 Å². The Kier molecular flexibility index (Phi) is 4.03. The van der Waals surface area contributed by atoms with Gasteiger partial charge in [-0.25, -0.2) is 0 Å². The fourth-order valence-electron chi connectivity index (χ4n) is 2.04. The zero-order valence-corrected chi connectivity index (χ0v) is 11.4. The number of anilines is 1. The molecule has 6 nitrogen and oxygen atoms in total. The Bertz CT molecular complexity index is 754. The Morgan fingerprint density at radius 2 is 1.76 bits per heavy atom. The monoisotopic (exact) mass is 279 g/mol. The van der Waals surface area contributed by atoms with Crippen LogP contribution in [0.3, 0.4) is 0 Å². The van der Waals surface area contributed by atoms with Crippen molar-refractivity contribution in [3.05, 3.63) is 41.0 Å². The van der Waals surface area contributed by atoms with E-state index in [0.29, 0.717) is 17.7 Å². The number of rotatable bonds is 3. The maximum absolute atomic E-state index is 9.36. The minimum atomic E-state index is 0.0336. The Labute approximate surface area is 122 Å². The Hall–Kier alpha value is -3.09. The molecule has 1 aromatic carbocycles. The molecule has 0 saturated carbocycles. The van der Waals surface area contributed by atoms with Gasteiger partial charge in [0, 0.05) is 12.1 Å². The van der Waals surface area contributed by atoms with Gasteiger partial charge in [-0.2, -0.15) is 15.5 Å². The number of nitrogens with zero attached hydrogens (tertiary/aromatic N) is 3. The molecule has 0 saturated heterocycles. The highest BCUT2D eigenvalue weighted by Crippen LogP contribution is 2.34. The first-order chi connectivity index (χ1) is 10.2. The molecular formula is C15H13N5O. The highest BCUT2D eigenvalue weighted by molar-refractivity contribution is 5.82. The Balaban J connectivity index is 2.79. The average molecular weight is 279 g/mol. The lowest BCUT2D eigenvalue weighted by Crippen LogP contribution is -2.04. The first-order valence-corrected chi connectivity index (χ1v) is 6.13. The lowest BCUT2D eigenvalue weighted by atomic mass is 9.95. The number of ether oxygens (including phenoxy) is 1. The molecule has 2 rings (SSSR count). The predicted molar refractivity (Wildman–Crippen MR) is 78.0 cm³/mol. The number of pyridine rings is 1. The van der Waals surface area contributed by atoms with Gasteiger partial charge in [-0.1, -0.05) is 24.3 Å². The Morgan fingerprint density at radius 1 is 1.14 bits per heavy atom. The van der Waals surface area contributed by atoms with E-state index in [9.17, 15) is 10.5 Å². The summed E-state index contributed by atoms with van der Waals surface area (Å²) in [5, 5.41) is 18.7. The van der Waals surface area contributed by atoms with Gasteiger partial charge in [0.25, 0.3) is 0 Å². The molecule has 0 spiro atoms. The van der Waals surface area contributed by atoms with Gasteiger partial charge in [-0.3, -0.25) is 0 Å². The first kappa shape index (κ1) is 14.3. The number of hydrogen-bond donors (Lipinski definition) is 2. The van der Waals surface area contributed by atoms with Crippen LogP contribution in [0.2, 0.25) is 0 Å². The molecule has 1 heterocycles. The van der Waals surface area contributed by atoms with Gasteiger partial charge in [0.05, 0.1) is 7.11 Å². The molecule has 1 aromatic heterocycles. The van der Waals surface area contributed by atoms with E-state index in [1.165, 1.54) is 7.11 Å². The van der Waals surface area contributed by atoms with Gasteiger partial charge < -0.3 is 16.2 Å². The van der Waals surface area contributed by atoms with E-state index in [2.05, 4.69) is 4.98 Å². The highest BCUT2D eigenvalue weighted by Gasteiger charge is 2.20. The quantitative estimate of drug-likeness (QED) is 0.878. The van der Waals surface area contributed by atoms with Crippen LogP contribution in [0.1, 0.15) is 16.7 Å². The summed E-state index contributed by atoms with van der Waals surface area (Å²) < 4.78 is 5.08. The normalized spacial score (nSPS) is 9.71. The lowest BCUT2D eigenvalue weighted by Gasteiger charge is -2.12. The zero-order valence-electron chi connectivity index (χ0n) is 11.4. The molecule has 0 atom stereocenters. The molecule has 0 unspecified atom stereocenters. The third kappa shape index (κ3) is 2.48. The van der Waals surface area contributed by atoms with Crippen molar-refractivity contribution >= 4 is 5.82 Å². The minimum absolute atomic E-state index is 0.0336. The smallest absolute Gasteiger partial charge is 0.234 e. The van der Waals surface area contributed by atoms with Gasteiger partial charge >= 0.3 is 0 Å². The number of aromatic nitrogens is 1. The van der Waals surface area contributed by atoms with E-state index in [1.54, 1.807) is 12.1 Å². The molecule has 0 fully saturated rings. The maximum atomic E-state index is 9.36. The van der Waals surface area contributed by atoms with Crippen molar-refractivity contribution < 1.29 is 4.74 Å². The summed E-state index contributed by atoms with van der Waals surface area (Å²) in [4.78, 5) is 3.94. The summed E-state index contributed by atoms with van der Waals surface area (Å²) in [5.74, 6) is 0.137. The summed E-state index contributed by atoms with van der Waals surface area (Å²) in [5.41, 5.74) is 13.8. The molecule has 0 radical (unpaired) electrons. The summed E-state index contributed by atoms with van der Waals surface area (Å²) in [6, 6.07) is 11.3. The van der Waals surface area contributed by atoms with Gasteiger partial charge in [0.2, 0.25) is 5.88 Å². The number of benzene rings is 1. The second-order valence-electron chi connectivity index (χ2n) is 4.26. The lowest BCUT2D eigenvalue weighted by molar-refractivity contribution is 0.397. The largest absolute Gasteiger partial charge is 0.480 e. The summed E-state index contributed by atoms with van der Waals surface area (Å²) in [7, 11) is 1.40. The van der Waals surface area contributed by atoms with Crippen LogP contribution < -0.4 is 16.2 Å². The van der Waals surface area contributed by atoms with E-state index in [-0.39, 0.29) is 22.8 Å². The van der Waals surface area contributed by atoms with Crippen LogP contribution in [0.4, 0.5) is 5.82 Å². The van der Waals surface area contributed by atoms with Gasteiger partial charge in [-0.15, -0.1) is 0 Å². The molecule has 0 amide bonds. The van der Waals surface area contributed by atoms with Crippen molar-refractivity contribution in [3.8, 4) is 29.1 Å². The summed E-state index contributed by atoms with van der Waals surface area (Å²) in [6.07, 6.45) is 0. The highest BCUT2D eigenvalue weighted by atomic mass is 16.5. The Morgan fingerprint density at radius 3 is 2.24 bits per heavy atom. The molecule has 21 heavy (non-hydrogen) atoms. The third-order valence-electron chi connectivity index (χ3n) is 3.09. The summed E-state index contributed by atoms with van der Waals surface area (Å²) in [6.45, 7) is 0.415. The third-order valence-corrected chi connectivity index (χ3v) is 3.09. The maximum Gasteiger partial charge on any atom is 0.234 e. The number of methoxy groups -OCH3 is 1. The molecule has 0 bridgehead atoms. The topological polar surface area (TPSA) is 122 Å². The first-order valence-electron chi connectivity index (χ1n) is 6.13. The molecule has 0 aliphatic rings. The molecule has 104 valence electrons. The van der Waals surface area contributed by atoms with Gasteiger partial charge in [0.1, 0.15) is 29.1 Å². The zero-order chi connectivity index (χ0) is 15.4. The van der Waals surface area contributed by atoms with Crippen LogP contribution >= 0.6 is 0 Å². The standard InChI is InChI=1S/C15H13N5O/c1-21-15-12(8-18)13(11(7-17)14(19)20-15)10-4-2-9(6-16)3-5-10/h2-5H,6,16H2,1H3,(H2,19,20). The van der Waals surface area contributed by atoms with E-state index < -0.39 is 0 Å². The molecule has 6 heteroatoms. The van der Waals surface area contributed by atoms with Crippen LogP contribution in [0.5, 0.6) is 5.88 Å². The van der Waals surface area contributed by atoms with Crippen LogP contribution in [-0.4, -0.2) is 12.1 Å². The average Bonchev–Trinajstić information content (AvgIpc) is 2.53. The van der Waals surface area contributed by atoms with Crippen LogP contribution in [-0.2, 0) is 6.54 Å². The SMILES string of the molecule is COc1nc(N)c(C#N)c(-c2ccc(CN)cc2)c1C#N. The van der Waals surface area contributed by atoms with Crippen LogP contribution in [0.25, 0.3) is 11.1 Å². The van der Waals surface area contributed by atoms with E-state index >= 15 is 0 Å². The fraction of sp³-hybridized carbons (Fsp3) is 0.133. The minimum Gasteiger partial charge on any atom is -0.480 e. The number of hydrogen-bond acceptors (Lipinski definition) is 6. The van der Waals surface area contributed by atoms with Crippen molar-refractivity contribution in [1.29, 1.82) is 10.5 Å². The number of nitrogens with two attached hydrogens (primary N) is 2. The van der Waals surface area contributed by atoms with Crippen molar-refractivity contribution in [2.45, 2.75) is 6.54 Å². The van der Waals surface area contributed by atoms with Crippen molar-refractivity contribution in [3.63, 3.8) is 0 Å². The molecule has 2 aromatic rings. The molecule has 0 aliphatic carbocycles. The predicted octanol–water partition coefficient (Wildman–Crippen LogP) is 1.54. The van der Waals surface area contributed by atoms with E-state index in [0.717, 1.165) is 5.56 Å². The van der Waals surface area contributed by atoms with Crippen molar-refractivity contribution in [1.82, 2.24) is 4.98 Å². The van der Waals surface area contributed by atoms with Gasteiger partial charge in [0.15, 0.2) is 0 Å². The summed E-state index contributed by atoms with van der Waals surface area (Å²) >= 11 is 0. The van der Waals surface area contributed by atoms with E-state index in [4.69, 9.17) is 16.2 Å². The second kappa shape index (κ2) is 5.91. The fourth-order valence-corrected chi connectivity index (χ4v) is 2.04. The number of nitriles is 2. The molecule has 0 aliphatic heterocycles. The molecule has 4 N–H and O–H groups in total. The van der Waals surface area contributed by atoms with Crippen LogP contribution in [0, 0.1) is 22.7 Å². The number of nitrogen functional groups attached to an aromatic ring is 1. The van der Waals surface area contributed by atoms with Crippen molar-refractivity contribution in [2.75, 3.05) is 12.8 Å². The van der Waals surface area contributed by atoms with Crippen LogP contribution in [0.15, 0.2) is 24.3 Å². The molecular weight excluding hydrogens is 266 g/mol. The van der Waals surface area contributed by atoms with Gasteiger partial charge in [-0.05, 0) is 11.1 Å². The van der Waals surface area contributed by atoms with Crippen molar-refractivity contribution in [2.24, 2.45) is 5.73 Å². The second-order valence-corrected chi connectivity index (χ2v) is 4.26.